The fraction of sp³-hybridized carbons (Fsp3) is 0.917. The van der Waals surface area contributed by atoms with Gasteiger partial charge >= 0.3 is 0 Å². The highest BCUT2D eigenvalue weighted by Gasteiger charge is 2.15. The fourth-order valence-electron chi connectivity index (χ4n) is 1.77. The maximum atomic E-state index is 11.6. The van der Waals surface area contributed by atoms with Gasteiger partial charge in [0.05, 0.1) is 26.2 Å². The van der Waals surface area contributed by atoms with Gasteiger partial charge in [0.1, 0.15) is 0 Å². The summed E-state index contributed by atoms with van der Waals surface area (Å²) in [6.45, 7) is 4.20. The number of rotatable bonds is 8. The van der Waals surface area contributed by atoms with Crippen LogP contribution in [0.25, 0.3) is 0 Å². The van der Waals surface area contributed by atoms with Crippen molar-refractivity contribution in [3.8, 4) is 0 Å². The lowest BCUT2D eigenvalue weighted by molar-refractivity contribution is -0.131. The predicted octanol–water partition coefficient (Wildman–Crippen LogP) is 0.237. The molecule has 1 heterocycles. The van der Waals surface area contributed by atoms with E-state index in [1.807, 2.05) is 7.05 Å². The average molecular weight is 244 g/mol. The summed E-state index contributed by atoms with van der Waals surface area (Å²) in [6.07, 6.45) is 2.38. The summed E-state index contributed by atoms with van der Waals surface area (Å²) < 4.78 is 10.7. The molecule has 0 bridgehead atoms. The number of nitrogens with two attached hydrogens (primary N) is 1. The second-order valence-electron chi connectivity index (χ2n) is 4.51. The van der Waals surface area contributed by atoms with Gasteiger partial charge in [0.2, 0.25) is 5.91 Å². The van der Waals surface area contributed by atoms with E-state index in [-0.39, 0.29) is 5.91 Å². The van der Waals surface area contributed by atoms with Crippen molar-refractivity contribution >= 4 is 5.91 Å². The normalized spacial score (nSPS) is 19.5. The lowest BCUT2D eigenvalue weighted by Crippen LogP contribution is -2.29. The number of ether oxygens (including phenoxy) is 2. The zero-order valence-electron chi connectivity index (χ0n) is 10.7. The molecule has 0 saturated carbocycles. The number of carbonyl (C=O) groups excluding carboxylic acids is 1. The summed E-state index contributed by atoms with van der Waals surface area (Å²) in [5.74, 6) is 0.640. The van der Waals surface area contributed by atoms with E-state index in [0.29, 0.717) is 32.1 Å². The van der Waals surface area contributed by atoms with Crippen LogP contribution in [0.4, 0.5) is 0 Å². The van der Waals surface area contributed by atoms with E-state index < -0.39 is 0 Å². The molecule has 1 atom stereocenters. The average Bonchev–Trinajstić information content (AvgIpc) is 2.84. The lowest BCUT2D eigenvalue weighted by Gasteiger charge is -2.16. The molecular weight excluding hydrogens is 220 g/mol. The third-order valence-corrected chi connectivity index (χ3v) is 2.96. The summed E-state index contributed by atoms with van der Waals surface area (Å²) in [6, 6.07) is 0. The van der Waals surface area contributed by atoms with E-state index >= 15 is 0 Å². The summed E-state index contributed by atoms with van der Waals surface area (Å²) >= 11 is 0. The molecule has 5 nitrogen and oxygen atoms in total. The molecule has 0 aliphatic carbocycles. The van der Waals surface area contributed by atoms with E-state index in [1.165, 1.54) is 0 Å². The summed E-state index contributed by atoms with van der Waals surface area (Å²) in [4.78, 5) is 13.3. The van der Waals surface area contributed by atoms with E-state index in [2.05, 4.69) is 0 Å². The van der Waals surface area contributed by atoms with Crippen LogP contribution in [0.1, 0.15) is 19.3 Å². The molecule has 1 unspecified atom stereocenters. The molecule has 0 aromatic heterocycles. The van der Waals surface area contributed by atoms with Crippen LogP contribution in [0.2, 0.25) is 0 Å². The van der Waals surface area contributed by atoms with Gasteiger partial charge in [-0.15, -0.1) is 0 Å². The topological polar surface area (TPSA) is 64.8 Å². The van der Waals surface area contributed by atoms with Crippen molar-refractivity contribution in [3.63, 3.8) is 0 Å². The molecule has 1 saturated heterocycles. The highest BCUT2D eigenvalue weighted by Crippen LogP contribution is 2.12. The van der Waals surface area contributed by atoms with E-state index in [0.717, 1.165) is 32.6 Å². The molecule has 1 amide bonds. The Kier molecular flexibility index (Phi) is 7.16. The Bertz CT molecular complexity index is 218. The molecule has 0 aromatic rings. The van der Waals surface area contributed by atoms with Crippen molar-refractivity contribution in [1.82, 2.24) is 4.90 Å². The van der Waals surface area contributed by atoms with Crippen molar-refractivity contribution in [2.75, 3.05) is 46.6 Å². The zero-order valence-corrected chi connectivity index (χ0v) is 10.7. The van der Waals surface area contributed by atoms with Crippen LogP contribution >= 0.6 is 0 Å². The molecule has 17 heavy (non-hydrogen) atoms. The molecule has 2 N–H and O–H groups in total. The quantitative estimate of drug-likeness (QED) is 0.621. The monoisotopic (exact) mass is 244 g/mol. The maximum absolute atomic E-state index is 11.6. The van der Waals surface area contributed by atoms with Crippen LogP contribution in [-0.4, -0.2) is 57.4 Å². The Balaban J connectivity index is 1.98. The zero-order chi connectivity index (χ0) is 12.5. The predicted molar refractivity (Wildman–Crippen MR) is 65.7 cm³/mol. The molecule has 0 spiro atoms. The summed E-state index contributed by atoms with van der Waals surface area (Å²) in [5.41, 5.74) is 5.39. The SMILES string of the molecule is CN(CCCN)C(=O)CCOCC1CCOC1. The van der Waals surface area contributed by atoms with E-state index in [1.54, 1.807) is 4.90 Å². The Morgan fingerprint density at radius 1 is 1.59 bits per heavy atom. The number of nitrogens with zero attached hydrogens (tertiary/aromatic N) is 1. The molecule has 1 rings (SSSR count). The van der Waals surface area contributed by atoms with Gasteiger partial charge < -0.3 is 20.1 Å². The first-order valence-corrected chi connectivity index (χ1v) is 6.33. The summed E-state index contributed by atoms with van der Waals surface area (Å²) in [7, 11) is 1.81. The maximum Gasteiger partial charge on any atom is 0.224 e. The molecular formula is C12H24N2O3. The van der Waals surface area contributed by atoms with Crippen molar-refractivity contribution in [3.05, 3.63) is 0 Å². The van der Waals surface area contributed by atoms with Crippen LogP contribution < -0.4 is 5.73 Å². The molecule has 5 heteroatoms. The first-order valence-electron chi connectivity index (χ1n) is 6.33. The highest BCUT2D eigenvalue weighted by atomic mass is 16.5. The van der Waals surface area contributed by atoms with Gasteiger partial charge in [-0.3, -0.25) is 4.79 Å². The number of carbonyl (C=O) groups is 1. The largest absolute Gasteiger partial charge is 0.381 e. The van der Waals surface area contributed by atoms with Gasteiger partial charge in [-0.1, -0.05) is 0 Å². The molecule has 100 valence electrons. The Morgan fingerprint density at radius 3 is 3.06 bits per heavy atom. The Hall–Kier alpha value is -0.650. The minimum atomic E-state index is 0.126. The van der Waals surface area contributed by atoms with E-state index in [4.69, 9.17) is 15.2 Å². The minimum Gasteiger partial charge on any atom is -0.381 e. The molecule has 1 aliphatic heterocycles. The van der Waals surface area contributed by atoms with Gasteiger partial charge in [0.15, 0.2) is 0 Å². The number of hydrogen-bond donors (Lipinski definition) is 1. The van der Waals surface area contributed by atoms with Crippen LogP contribution in [0.3, 0.4) is 0 Å². The Labute approximate surface area is 103 Å². The summed E-state index contributed by atoms with van der Waals surface area (Å²) in [5, 5.41) is 0. The van der Waals surface area contributed by atoms with Crippen molar-refractivity contribution in [2.45, 2.75) is 19.3 Å². The third-order valence-electron chi connectivity index (χ3n) is 2.96. The van der Waals surface area contributed by atoms with Gasteiger partial charge in [-0.05, 0) is 19.4 Å². The standard InChI is InChI=1S/C12H24N2O3/c1-14(6-2-5-13)12(15)4-8-17-10-11-3-7-16-9-11/h11H,2-10,13H2,1H3. The first kappa shape index (κ1) is 14.4. The number of hydrogen-bond acceptors (Lipinski definition) is 4. The van der Waals surface area contributed by atoms with Crippen molar-refractivity contribution in [2.24, 2.45) is 11.7 Å². The molecule has 1 fully saturated rings. The first-order chi connectivity index (χ1) is 8.24. The second-order valence-corrected chi connectivity index (χ2v) is 4.51. The van der Waals surface area contributed by atoms with Crippen molar-refractivity contribution in [1.29, 1.82) is 0 Å². The van der Waals surface area contributed by atoms with Crippen LogP contribution in [0.15, 0.2) is 0 Å². The van der Waals surface area contributed by atoms with Crippen LogP contribution in [0, 0.1) is 5.92 Å². The lowest BCUT2D eigenvalue weighted by atomic mass is 10.1. The van der Waals surface area contributed by atoms with Gasteiger partial charge in [0.25, 0.3) is 0 Å². The third kappa shape index (κ3) is 6.00. The second kappa shape index (κ2) is 8.44. The molecule has 0 aromatic carbocycles. The van der Waals surface area contributed by atoms with Crippen LogP contribution in [0.5, 0.6) is 0 Å². The number of amides is 1. The molecule has 0 radical (unpaired) electrons. The van der Waals surface area contributed by atoms with Gasteiger partial charge in [-0.2, -0.15) is 0 Å². The highest BCUT2D eigenvalue weighted by molar-refractivity contribution is 5.75. The van der Waals surface area contributed by atoms with Gasteiger partial charge in [0, 0.05) is 26.1 Å². The minimum absolute atomic E-state index is 0.126. The van der Waals surface area contributed by atoms with Gasteiger partial charge in [-0.25, -0.2) is 0 Å². The van der Waals surface area contributed by atoms with Crippen molar-refractivity contribution < 1.29 is 14.3 Å². The fourth-order valence-corrected chi connectivity index (χ4v) is 1.77. The van der Waals surface area contributed by atoms with Crippen LogP contribution in [-0.2, 0) is 14.3 Å². The van der Waals surface area contributed by atoms with E-state index in [9.17, 15) is 4.79 Å². The smallest absolute Gasteiger partial charge is 0.224 e. The Morgan fingerprint density at radius 2 is 2.41 bits per heavy atom. The molecule has 1 aliphatic rings.